The average Bonchev–Trinajstić information content (AvgIpc) is 2.45. The summed E-state index contributed by atoms with van der Waals surface area (Å²) in [5.74, 6) is 2.54. The molecule has 0 fully saturated rings. The van der Waals surface area contributed by atoms with Crippen LogP contribution in [0.3, 0.4) is 0 Å². The van der Waals surface area contributed by atoms with Gasteiger partial charge >= 0.3 is 8.56 Å². The molecule has 0 aliphatic heterocycles. The summed E-state index contributed by atoms with van der Waals surface area (Å²) in [6, 6.07) is 2.37. The summed E-state index contributed by atoms with van der Waals surface area (Å²) < 4.78 is 21.4. The lowest BCUT2D eigenvalue weighted by atomic mass is 10.6. The van der Waals surface area contributed by atoms with Crippen LogP contribution in [0.4, 0.5) is 0 Å². The molecule has 0 amide bonds. The summed E-state index contributed by atoms with van der Waals surface area (Å²) in [6.07, 6.45) is 2.47. The summed E-state index contributed by atoms with van der Waals surface area (Å²) in [6.45, 7) is 2.12. The van der Waals surface area contributed by atoms with E-state index < -0.39 is 8.56 Å². The molecule has 0 atom stereocenters. The lowest BCUT2D eigenvalue weighted by molar-refractivity contribution is -0.0441. The molecule has 0 radical (unpaired) electrons. The Hall–Kier alpha value is 0.624. The standard InChI is InChI=1S/C12H30O4SSi2/c1-13-12(14-2)18-10-6-8-17-9-7-11-19(5,15-3)16-4/h12H,6-11,18H2,1-5H3. The highest BCUT2D eigenvalue weighted by molar-refractivity contribution is 7.99. The Kier molecular flexibility index (Phi) is 12.8. The van der Waals surface area contributed by atoms with Crippen LogP contribution in [-0.2, 0) is 18.3 Å². The molecule has 0 aliphatic rings. The zero-order valence-electron chi connectivity index (χ0n) is 13.1. The van der Waals surface area contributed by atoms with Crippen LogP contribution in [-0.4, -0.2) is 63.9 Å². The molecule has 0 heterocycles. The minimum atomic E-state index is -1.84. The Morgan fingerprint density at radius 3 is 2.11 bits per heavy atom. The molecule has 7 heteroatoms. The van der Waals surface area contributed by atoms with E-state index in [2.05, 4.69) is 6.55 Å². The molecule has 0 N–H and O–H groups in total. The number of hydrogen-bond acceptors (Lipinski definition) is 5. The first-order chi connectivity index (χ1) is 9.11. The van der Waals surface area contributed by atoms with Crippen LogP contribution < -0.4 is 0 Å². The van der Waals surface area contributed by atoms with Crippen molar-refractivity contribution < 1.29 is 18.3 Å². The molecule has 116 valence electrons. The Labute approximate surface area is 126 Å². The Bertz CT molecular complexity index is 202. The van der Waals surface area contributed by atoms with Crippen LogP contribution in [0, 0.1) is 0 Å². The first kappa shape index (κ1) is 19.6. The monoisotopic (exact) mass is 326 g/mol. The fourth-order valence-corrected chi connectivity index (χ4v) is 6.05. The Morgan fingerprint density at radius 1 is 1.00 bits per heavy atom. The number of methoxy groups -OCH3 is 2. The second kappa shape index (κ2) is 12.4. The largest absolute Gasteiger partial charge is 0.398 e. The van der Waals surface area contributed by atoms with Gasteiger partial charge in [0.15, 0.2) is 0 Å². The van der Waals surface area contributed by atoms with Crippen LogP contribution in [0.2, 0.25) is 18.6 Å². The van der Waals surface area contributed by atoms with Gasteiger partial charge in [-0.25, -0.2) is 0 Å². The summed E-state index contributed by atoms with van der Waals surface area (Å²) in [7, 11) is 4.90. The van der Waals surface area contributed by atoms with Gasteiger partial charge in [0.2, 0.25) is 0 Å². The van der Waals surface area contributed by atoms with Crippen LogP contribution in [0.25, 0.3) is 0 Å². The van der Waals surface area contributed by atoms with Gasteiger partial charge in [0.25, 0.3) is 0 Å². The molecule has 0 rings (SSSR count). The van der Waals surface area contributed by atoms with Crippen LogP contribution in [0.1, 0.15) is 12.8 Å². The topological polar surface area (TPSA) is 36.9 Å². The zero-order chi connectivity index (χ0) is 14.6. The number of ether oxygens (including phenoxy) is 2. The van der Waals surface area contributed by atoms with Crippen molar-refractivity contribution in [1.29, 1.82) is 0 Å². The third-order valence-corrected chi connectivity index (χ3v) is 9.48. The minimum Gasteiger partial charge on any atom is -0.398 e. The molecule has 0 bridgehead atoms. The molecular formula is C12H30O4SSi2. The van der Waals surface area contributed by atoms with E-state index in [0.717, 1.165) is 6.04 Å². The number of hydrogen-bond donors (Lipinski definition) is 0. The van der Waals surface area contributed by atoms with Crippen LogP contribution >= 0.6 is 11.8 Å². The maximum Gasteiger partial charge on any atom is 0.334 e. The molecule has 0 unspecified atom stereocenters. The van der Waals surface area contributed by atoms with Crippen LogP contribution in [0.5, 0.6) is 0 Å². The molecule has 19 heavy (non-hydrogen) atoms. The van der Waals surface area contributed by atoms with Gasteiger partial charge < -0.3 is 18.3 Å². The van der Waals surface area contributed by atoms with E-state index in [0.29, 0.717) is 0 Å². The predicted molar refractivity (Wildman–Crippen MR) is 88.2 cm³/mol. The molecule has 0 aliphatic carbocycles. The molecule has 0 aromatic heterocycles. The lowest BCUT2D eigenvalue weighted by Crippen LogP contribution is -2.35. The lowest BCUT2D eigenvalue weighted by Gasteiger charge is -2.22. The van der Waals surface area contributed by atoms with Gasteiger partial charge in [-0.05, 0) is 36.9 Å². The Balaban J connectivity index is 3.36. The van der Waals surface area contributed by atoms with Crippen molar-refractivity contribution in [2.75, 3.05) is 39.9 Å². The van der Waals surface area contributed by atoms with E-state index in [1.54, 1.807) is 28.4 Å². The van der Waals surface area contributed by atoms with Crippen molar-refractivity contribution in [2.24, 2.45) is 0 Å². The highest BCUT2D eigenvalue weighted by Crippen LogP contribution is 2.16. The summed E-state index contributed by atoms with van der Waals surface area (Å²) in [4.78, 5) is 0. The third-order valence-electron chi connectivity index (χ3n) is 3.29. The number of thioether (sulfide) groups is 1. The fraction of sp³-hybridized carbons (Fsp3) is 1.00. The highest BCUT2D eigenvalue weighted by atomic mass is 32.2. The molecule has 4 nitrogen and oxygen atoms in total. The predicted octanol–water partition coefficient (Wildman–Crippen LogP) is 2.03. The van der Waals surface area contributed by atoms with Crippen molar-refractivity contribution in [3.8, 4) is 0 Å². The van der Waals surface area contributed by atoms with Gasteiger partial charge in [-0.15, -0.1) is 0 Å². The fourth-order valence-electron chi connectivity index (χ4n) is 1.73. The normalized spacial score (nSPS) is 12.9. The first-order valence-corrected chi connectivity index (χ1v) is 12.3. The van der Waals surface area contributed by atoms with Gasteiger partial charge in [-0.3, -0.25) is 0 Å². The van der Waals surface area contributed by atoms with Crippen LogP contribution in [0.15, 0.2) is 0 Å². The molecular weight excluding hydrogens is 296 g/mol. The van der Waals surface area contributed by atoms with Gasteiger partial charge in [0.05, 0.1) is 9.52 Å². The average molecular weight is 327 g/mol. The van der Waals surface area contributed by atoms with E-state index in [1.165, 1.54) is 30.4 Å². The van der Waals surface area contributed by atoms with Gasteiger partial charge in [-0.1, -0.05) is 6.04 Å². The highest BCUT2D eigenvalue weighted by Gasteiger charge is 2.27. The van der Waals surface area contributed by atoms with Crippen molar-refractivity contribution in [3.63, 3.8) is 0 Å². The molecule has 0 spiro atoms. The first-order valence-electron chi connectivity index (χ1n) is 6.85. The summed E-state index contributed by atoms with van der Waals surface area (Å²) >= 11 is 2.03. The second-order valence-corrected chi connectivity index (χ2v) is 11.4. The minimum absolute atomic E-state index is 0.0973. The second-order valence-electron chi connectivity index (χ2n) is 4.65. The van der Waals surface area contributed by atoms with E-state index in [4.69, 9.17) is 18.3 Å². The smallest absolute Gasteiger partial charge is 0.334 e. The SMILES string of the molecule is COC(OC)[SiH2]CCCSCCC[Si](C)(OC)OC. The third kappa shape index (κ3) is 10.1. The van der Waals surface area contributed by atoms with Crippen molar-refractivity contribution in [3.05, 3.63) is 0 Å². The molecule has 0 saturated heterocycles. The van der Waals surface area contributed by atoms with Crippen molar-refractivity contribution >= 4 is 29.8 Å². The maximum absolute atomic E-state index is 5.47. The van der Waals surface area contributed by atoms with Gasteiger partial charge in [0.1, 0.15) is 5.91 Å². The van der Waals surface area contributed by atoms with E-state index in [1.807, 2.05) is 11.8 Å². The Morgan fingerprint density at radius 2 is 1.58 bits per heavy atom. The van der Waals surface area contributed by atoms with E-state index in [-0.39, 0.29) is 15.4 Å². The van der Waals surface area contributed by atoms with Gasteiger partial charge in [-0.2, -0.15) is 11.8 Å². The van der Waals surface area contributed by atoms with Crippen molar-refractivity contribution in [1.82, 2.24) is 0 Å². The van der Waals surface area contributed by atoms with E-state index >= 15 is 0 Å². The molecule has 0 aromatic carbocycles. The molecule has 0 saturated carbocycles. The summed E-state index contributed by atoms with van der Waals surface area (Å²) in [5, 5.41) is 0. The van der Waals surface area contributed by atoms with Gasteiger partial charge in [0, 0.05) is 28.4 Å². The van der Waals surface area contributed by atoms with Crippen molar-refractivity contribution in [2.45, 2.75) is 37.4 Å². The zero-order valence-corrected chi connectivity index (χ0v) is 16.3. The van der Waals surface area contributed by atoms with E-state index in [9.17, 15) is 0 Å². The maximum atomic E-state index is 5.47. The number of rotatable bonds is 13. The summed E-state index contributed by atoms with van der Waals surface area (Å²) in [5.41, 5.74) is 0. The quantitative estimate of drug-likeness (QED) is 0.294. The molecule has 0 aromatic rings.